The Bertz CT molecular complexity index is 594. The number of amides is 1. The van der Waals surface area contributed by atoms with Gasteiger partial charge in [0.15, 0.2) is 0 Å². The number of likely N-dealkylation sites (tertiary alicyclic amines) is 1. The van der Waals surface area contributed by atoms with Crippen molar-refractivity contribution in [3.63, 3.8) is 0 Å². The van der Waals surface area contributed by atoms with E-state index >= 15 is 0 Å². The SMILES string of the molecule is Cl.O=C(c1cccc(OC(F)(F)F)c1)N1CCC2(CCNCC2)CC1. The number of piperidine rings is 2. The fourth-order valence-electron chi connectivity index (χ4n) is 3.65. The average molecular weight is 379 g/mol. The van der Waals surface area contributed by atoms with Gasteiger partial charge in [-0.1, -0.05) is 6.07 Å². The molecule has 4 nitrogen and oxygen atoms in total. The highest BCUT2D eigenvalue weighted by atomic mass is 35.5. The fourth-order valence-corrected chi connectivity index (χ4v) is 3.65. The zero-order valence-electron chi connectivity index (χ0n) is 13.8. The van der Waals surface area contributed by atoms with Crippen molar-refractivity contribution in [1.82, 2.24) is 10.2 Å². The highest BCUT2D eigenvalue weighted by molar-refractivity contribution is 5.94. The zero-order valence-corrected chi connectivity index (χ0v) is 14.6. The van der Waals surface area contributed by atoms with E-state index in [2.05, 4.69) is 10.1 Å². The molecule has 2 aliphatic rings. The Kier molecular flexibility index (Phi) is 6.21. The van der Waals surface area contributed by atoms with Gasteiger partial charge in [0.05, 0.1) is 0 Å². The normalized spacial score (nSPS) is 20.0. The lowest BCUT2D eigenvalue weighted by molar-refractivity contribution is -0.274. The van der Waals surface area contributed by atoms with Gasteiger partial charge >= 0.3 is 6.36 Å². The van der Waals surface area contributed by atoms with Crippen LogP contribution < -0.4 is 10.1 Å². The number of hydrogen-bond donors (Lipinski definition) is 1. The zero-order chi connectivity index (χ0) is 17.2. The van der Waals surface area contributed by atoms with Crippen LogP contribution in [0.4, 0.5) is 13.2 Å². The molecule has 2 heterocycles. The molecule has 1 aromatic rings. The average Bonchev–Trinajstić information content (AvgIpc) is 2.54. The van der Waals surface area contributed by atoms with E-state index in [-0.39, 0.29) is 29.6 Å². The number of nitrogens with zero attached hydrogens (tertiary/aromatic N) is 1. The van der Waals surface area contributed by atoms with E-state index in [4.69, 9.17) is 0 Å². The van der Waals surface area contributed by atoms with E-state index in [1.165, 1.54) is 18.2 Å². The summed E-state index contributed by atoms with van der Waals surface area (Å²) in [5.41, 5.74) is 0.557. The van der Waals surface area contributed by atoms with Crippen LogP contribution in [0.5, 0.6) is 5.75 Å². The summed E-state index contributed by atoms with van der Waals surface area (Å²) in [5.74, 6) is -0.591. The van der Waals surface area contributed by atoms with Crippen LogP contribution in [0.25, 0.3) is 0 Å². The van der Waals surface area contributed by atoms with E-state index in [0.29, 0.717) is 18.5 Å². The first-order valence-corrected chi connectivity index (χ1v) is 8.23. The maximum atomic E-state index is 12.6. The number of ether oxygens (including phenoxy) is 1. The minimum atomic E-state index is -4.76. The van der Waals surface area contributed by atoms with Crippen LogP contribution in [0.15, 0.2) is 24.3 Å². The Balaban J connectivity index is 0.00000225. The minimum Gasteiger partial charge on any atom is -0.406 e. The molecular formula is C17H22ClF3N2O2. The maximum Gasteiger partial charge on any atom is 0.573 e. The molecule has 1 spiro atoms. The fraction of sp³-hybridized carbons (Fsp3) is 0.588. The van der Waals surface area contributed by atoms with Gasteiger partial charge in [-0.3, -0.25) is 4.79 Å². The standard InChI is InChI=1S/C17H21F3N2O2.ClH/c18-17(19,20)24-14-3-1-2-13(12-14)15(23)22-10-6-16(7-11-22)4-8-21-9-5-16;/h1-3,12,21H,4-11H2;1H. The Labute approximate surface area is 151 Å². The number of halogens is 4. The molecule has 1 aromatic carbocycles. The molecule has 0 aromatic heterocycles. The second-order valence-corrected chi connectivity index (χ2v) is 6.62. The van der Waals surface area contributed by atoms with Gasteiger partial charge in [-0.15, -0.1) is 25.6 Å². The molecule has 2 aliphatic heterocycles. The van der Waals surface area contributed by atoms with Crippen LogP contribution in [0.1, 0.15) is 36.0 Å². The highest BCUT2D eigenvalue weighted by Crippen LogP contribution is 2.39. The number of benzene rings is 1. The topological polar surface area (TPSA) is 41.6 Å². The van der Waals surface area contributed by atoms with Crippen LogP contribution in [0, 0.1) is 5.41 Å². The summed E-state index contributed by atoms with van der Waals surface area (Å²) in [7, 11) is 0. The third-order valence-corrected chi connectivity index (χ3v) is 5.09. The van der Waals surface area contributed by atoms with E-state index in [1.54, 1.807) is 4.90 Å². The lowest BCUT2D eigenvalue weighted by Crippen LogP contribution is -2.47. The lowest BCUT2D eigenvalue weighted by Gasteiger charge is -2.44. The molecule has 0 bridgehead atoms. The van der Waals surface area contributed by atoms with Crippen molar-refractivity contribution >= 4 is 18.3 Å². The van der Waals surface area contributed by atoms with E-state index < -0.39 is 6.36 Å². The second-order valence-electron chi connectivity index (χ2n) is 6.62. The number of alkyl halides is 3. The first-order chi connectivity index (χ1) is 11.4. The third kappa shape index (κ3) is 5.01. The van der Waals surface area contributed by atoms with Crippen molar-refractivity contribution in [3.05, 3.63) is 29.8 Å². The summed E-state index contributed by atoms with van der Waals surface area (Å²) >= 11 is 0. The summed E-state index contributed by atoms with van der Waals surface area (Å²) in [6.07, 6.45) is -0.583. The molecule has 2 fully saturated rings. The number of hydrogen-bond acceptors (Lipinski definition) is 3. The van der Waals surface area contributed by atoms with Gasteiger partial charge in [0, 0.05) is 18.7 Å². The van der Waals surface area contributed by atoms with E-state index in [9.17, 15) is 18.0 Å². The third-order valence-electron chi connectivity index (χ3n) is 5.09. The molecular weight excluding hydrogens is 357 g/mol. The first kappa shape index (κ1) is 19.8. The van der Waals surface area contributed by atoms with Gasteiger partial charge < -0.3 is 15.0 Å². The van der Waals surface area contributed by atoms with Crippen molar-refractivity contribution in [3.8, 4) is 5.75 Å². The van der Waals surface area contributed by atoms with Gasteiger partial charge in [-0.2, -0.15) is 0 Å². The molecule has 2 saturated heterocycles. The number of carbonyl (C=O) groups is 1. The monoisotopic (exact) mass is 378 g/mol. The van der Waals surface area contributed by atoms with Gasteiger partial charge in [0.25, 0.3) is 5.91 Å². The van der Waals surface area contributed by atoms with Crippen molar-refractivity contribution in [1.29, 1.82) is 0 Å². The Morgan fingerprint density at radius 2 is 1.76 bits per heavy atom. The maximum absolute atomic E-state index is 12.6. The smallest absolute Gasteiger partial charge is 0.406 e. The Hall–Kier alpha value is -1.47. The van der Waals surface area contributed by atoms with Crippen molar-refractivity contribution < 1.29 is 22.7 Å². The summed E-state index contributed by atoms with van der Waals surface area (Å²) in [6, 6.07) is 5.29. The van der Waals surface area contributed by atoms with Crippen molar-refractivity contribution in [2.75, 3.05) is 26.2 Å². The summed E-state index contributed by atoms with van der Waals surface area (Å²) < 4.78 is 40.8. The Morgan fingerprint density at radius 1 is 1.12 bits per heavy atom. The molecule has 8 heteroatoms. The van der Waals surface area contributed by atoms with Gasteiger partial charge in [0.2, 0.25) is 0 Å². The van der Waals surface area contributed by atoms with Crippen LogP contribution in [0.2, 0.25) is 0 Å². The molecule has 1 amide bonds. The molecule has 25 heavy (non-hydrogen) atoms. The second kappa shape index (κ2) is 7.83. The largest absolute Gasteiger partial charge is 0.573 e. The number of nitrogens with one attached hydrogen (secondary N) is 1. The molecule has 1 N–H and O–H groups in total. The van der Waals surface area contributed by atoms with E-state index in [1.807, 2.05) is 0 Å². The number of carbonyl (C=O) groups excluding carboxylic acids is 1. The van der Waals surface area contributed by atoms with Crippen LogP contribution in [0.3, 0.4) is 0 Å². The van der Waals surface area contributed by atoms with Crippen LogP contribution in [-0.2, 0) is 0 Å². The predicted molar refractivity (Wildman–Crippen MR) is 90.0 cm³/mol. The molecule has 140 valence electrons. The molecule has 0 radical (unpaired) electrons. The summed E-state index contributed by atoms with van der Waals surface area (Å²) in [4.78, 5) is 14.3. The molecule has 3 rings (SSSR count). The van der Waals surface area contributed by atoms with Crippen LogP contribution in [-0.4, -0.2) is 43.3 Å². The Morgan fingerprint density at radius 3 is 2.36 bits per heavy atom. The lowest BCUT2D eigenvalue weighted by atomic mass is 9.71. The van der Waals surface area contributed by atoms with Crippen molar-refractivity contribution in [2.45, 2.75) is 32.0 Å². The molecule has 0 atom stereocenters. The van der Waals surface area contributed by atoms with Crippen molar-refractivity contribution in [2.24, 2.45) is 5.41 Å². The van der Waals surface area contributed by atoms with Crippen LogP contribution >= 0.6 is 12.4 Å². The van der Waals surface area contributed by atoms with Gasteiger partial charge in [0.1, 0.15) is 5.75 Å². The van der Waals surface area contributed by atoms with Gasteiger partial charge in [-0.05, 0) is 62.4 Å². The first-order valence-electron chi connectivity index (χ1n) is 8.23. The van der Waals surface area contributed by atoms with Gasteiger partial charge in [-0.25, -0.2) is 0 Å². The molecule has 0 unspecified atom stereocenters. The summed E-state index contributed by atoms with van der Waals surface area (Å²) in [6.45, 7) is 3.35. The molecule has 0 aliphatic carbocycles. The molecule has 0 saturated carbocycles. The van der Waals surface area contributed by atoms with E-state index in [0.717, 1.165) is 44.8 Å². The number of rotatable bonds is 2. The highest BCUT2D eigenvalue weighted by Gasteiger charge is 2.37. The minimum absolute atomic E-state index is 0. The summed E-state index contributed by atoms with van der Waals surface area (Å²) in [5, 5.41) is 3.35. The quantitative estimate of drug-likeness (QED) is 0.854. The predicted octanol–water partition coefficient (Wildman–Crippen LogP) is 3.61.